The van der Waals surface area contributed by atoms with Gasteiger partial charge in [-0.25, -0.2) is 4.39 Å². The predicted molar refractivity (Wildman–Crippen MR) is 119 cm³/mol. The van der Waals surface area contributed by atoms with Gasteiger partial charge in [-0.3, -0.25) is 24.5 Å². The zero-order valence-corrected chi connectivity index (χ0v) is 17.5. The molecule has 0 bridgehead atoms. The first-order valence-corrected chi connectivity index (χ1v) is 9.73. The summed E-state index contributed by atoms with van der Waals surface area (Å²) in [4.78, 5) is 24.5. The van der Waals surface area contributed by atoms with E-state index in [1.54, 1.807) is 24.3 Å². The molecule has 0 aliphatic carbocycles. The van der Waals surface area contributed by atoms with Crippen LogP contribution in [0, 0.1) is 15.9 Å². The maximum Gasteiger partial charge on any atom is 0.307 e. The average molecular weight is 453 g/mol. The molecule has 2 aromatic carbocycles. The summed E-state index contributed by atoms with van der Waals surface area (Å²) in [6.45, 7) is 0.232. The van der Waals surface area contributed by atoms with E-state index in [0.29, 0.717) is 22.6 Å². The molecule has 3 aromatic rings. The highest BCUT2D eigenvalue weighted by Gasteiger charge is 2.32. The Morgan fingerprint density at radius 1 is 1.28 bits per heavy atom. The summed E-state index contributed by atoms with van der Waals surface area (Å²) in [5.41, 5.74) is 1.99. The number of thiocarbonyl (C=S) groups is 1. The average Bonchev–Trinajstić information content (AvgIpc) is 3.34. The summed E-state index contributed by atoms with van der Waals surface area (Å²) in [5, 5.41) is 18.0. The van der Waals surface area contributed by atoms with Crippen molar-refractivity contribution in [3.05, 3.63) is 87.6 Å². The van der Waals surface area contributed by atoms with Crippen LogP contribution in [0.4, 0.5) is 15.8 Å². The number of nitrogens with zero attached hydrogens (tertiary/aromatic N) is 4. The SMILES string of the molecule is COc1ccc(/C=C2/NC(=S)N(c3ccc(F)cc3)C2=O)cc1Cn1cc([N+](=O)[O-])cn1. The highest BCUT2D eigenvalue weighted by atomic mass is 32.1. The number of hydrogen-bond acceptors (Lipinski definition) is 6. The van der Waals surface area contributed by atoms with Crippen LogP contribution >= 0.6 is 12.2 Å². The Kier molecular flexibility index (Phi) is 5.65. The maximum absolute atomic E-state index is 13.2. The third kappa shape index (κ3) is 4.18. The van der Waals surface area contributed by atoms with E-state index >= 15 is 0 Å². The number of methoxy groups -OCH3 is 1. The third-order valence-electron chi connectivity index (χ3n) is 4.74. The molecular formula is C21H16FN5O4S. The minimum atomic E-state index is -0.519. The maximum atomic E-state index is 13.2. The number of benzene rings is 2. The molecule has 32 heavy (non-hydrogen) atoms. The summed E-state index contributed by atoms with van der Waals surface area (Å²) in [5.74, 6) is -0.218. The van der Waals surface area contributed by atoms with Crippen LogP contribution in [0.1, 0.15) is 11.1 Å². The van der Waals surface area contributed by atoms with E-state index in [2.05, 4.69) is 10.4 Å². The lowest BCUT2D eigenvalue weighted by molar-refractivity contribution is -0.385. The van der Waals surface area contributed by atoms with Gasteiger partial charge in [0.15, 0.2) is 5.11 Å². The quantitative estimate of drug-likeness (QED) is 0.265. The number of carbonyl (C=O) groups is 1. The molecule has 0 radical (unpaired) electrons. The Hall–Kier alpha value is -4.12. The standard InChI is InChI=1S/C21H16FN5O4S/c1-31-19-7-2-13(8-14(19)11-25-12-17(10-23-25)27(29)30)9-18-20(28)26(21(32)24-18)16-5-3-15(22)4-6-16/h2-10,12H,11H2,1H3,(H,24,32)/b18-9+. The molecule has 1 fully saturated rings. The molecule has 1 aliphatic rings. The Balaban J connectivity index is 1.61. The molecule has 9 nitrogen and oxygen atoms in total. The largest absolute Gasteiger partial charge is 0.496 e. The van der Waals surface area contributed by atoms with Crippen molar-refractivity contribution in [2.75, 3.05) is 12.0 Å². The van der Waals surface area contributed by atoms with Crippen molar-refractivity contribution >= 4 is 40.7 Å². The van der Waals surface area contributed by atoms with Crippen LogP contribution in [0.25, 0.3) is 6.08 Å². The molecule has 0 saturated carbocycles. The van der Waals surface area contributed by atoms with Gasteiger partial charge in [0.2, 0.25) is 0 Å². The van der Waals surface area contributed by atoms with Gasteiger partial charge in [0.05, 0.1) is 24.3 Å². The lowest BCUT2D eigenvalue weighted by atomic mass is 10.1. The lowest BCUT2D eigenvalue weighted by Gasteiger charge is -2.13. The number of amides is 1. The van der Waals surface area contributed by atoms with E-state index < -0.39 is 10.7 Å². The Labute approximate surface area is 186 Å². The Morgan fingerprint density at radius 2 is 2.03 bits per heavy atom. The molecule has 11 heteroatoms. The molecule has 0 spiro atoms. The van der Waals surface area contributed by atoms with Gasteiger partial charge in [0, 0.05) is 5.56 Å². The molecule has 2 heterocycles. The minimum absolute atomic E-state index is 0.114. The first kappa shape index (κ1) is 21.1. The van der Waals surface area contributed by atoms with Gasteiger partial charge in [-0.05, 0) is 60.3 Å². The van der Waals surface area contributed by atoms with E-state index in [1.165, 1.54) is 53.4 Å². The summed E-state index contributed by atoms with van der Waals surface area (Å²) in [6.07, 6.45) is 4.13. The topological polar surface area (TPSA) is 103 Å². The Morgan fingerprint density at radius 3 is 2.69 bits per heavy atom. The monoisotopic (exact) mass is 453 g/mol. The summed E-state index contributed by atoms with van der Waals surface area (Å²) in [6, 6.07) is 10.7. The lowest BCUT2D eigenvalue weighted by Crippen LogP contribution is -2.30. The first-order chi connectivity index (χ1) is 15.4. The second-order valence-corrected chi connectivity index (χ2v) is 7.22. The molecule has 1 saturated heterocycles. The third-order valence-corrected chi connectivity index (χ3v) is 5.03. The van der Waals surface area contributed by atoms with Crippen LogP contribution in [0.15, 0.2) is 60.6 Å². The normalized spacial score (nSPS) is 14.7. The number of nitro groups is 1. The summed E-state index contributed by atoms with van der Waals surface area (Å²) >= 11 is 5.27. The summed E-state index contributed by atoms with van der Waals surface area (Å²) in [7, 11) is 1.52. The van der Waals surface area contributed by atoms with E-state index in [1.807, 2.05) is 0 Å². The molecule has 1 aromatic heterocycles. The van der Waals surface area contributed by atoms with E-state index in [-0.39, 0.29) is 28.9 Å². The number of nitrogens with one attached hydrogen (secondary N) is 1. The first-order valence-electron chi connectivity index (χ1n) is 9.32. The molecule has 4 rings (SSSR count). The molecule has 1 aliphatic heterocycles. The van der Waals surface area contributed by atoms with Gasteiger partial charge in [0.25, 0.3) is 5.91 Å². The van der Waals surface area contributed by atoms with Crippen LogP contribution in [0.2, 0.25) is 0 Å². The van der Waals surface area contributed by atoms with Crippen molar-refractivity contribution in [1.29, 1.82) is 0 Å². The number of ether oxygens (including phenoxy) is 1. The number of halogens is 1. The second-order valence-electron chi connectivity index (χ2n) is 6.83. The fraction of sp³-hybridized carbons (Fsp3) is 0.0952. The van der Waals surface area contributed by atoms with Crippen LogP contribution in [-0.2, 0) is 11.3 Å². The van der Waals surface area contributed by atoms with Crippen molar-refractivity contribution < 1.29 is 18.8 Å². The van der Waals surface area contributed by atoms with Gasteiger partial charge < -0.3 is 10.1 Å². The van der Waals surface area contributed by atoms with Crippen molar-refractivity contribution in [3.8, 4) is 5.75 Å². The molecule has 0 unspecified atom stereocenters. The number of anilines is 1. The van der Waals surface area contributed by atoms with Gasteiger partial charge in [-0.1, -0.05) is 6.07 Å². The number of hydrogen-bond donors (Lipinski definition) is 1. The molecule has 1 amide bonds. The molecule has 0 atom stereocenters. The van der Waals surface area contributed by atoms with Gasteiger partial charge in [-0.2, -0.15) is 5.10 Å². The molecule has 162 valence electrons. The predicted octanol–water partition coefficient (Wildman–Crippen LogP) is 3.25. The Bertz CT molecular complexity index is 1260. The number of rotatable bonds is 6. The van der Waals surface area contributed by atoms with Crippen molar-refractivity contribution in [3.63, 3.8) is 0 Å². The molecular weight excluding hydrogens is 437 g/mol. The smallest absolute Gasteiger partial charge is 0.307 e. The van der Waals surface area contributed by atoms with Crippen LogP contribution in [-0.4, -0.2) is 32.8 Å². The highest BCUT2D eigenvalue weighted by Crippen LogP contribution is 2.26. The fourth-order valence-corrected chi connectivity index (χ4v) is 3.54. The van der Waals surface area contributed by atoms with Crippen molar-refractivity contribution in [2.45, 2.75) is 6.54 Å². The number of carbonyl (C=O) groups excluding carboxylic acids is 1. The fourth-order valence-electron chi connectivity index (χ4n) is 3.25. The van der Waals surface area contributed by atoms with Crippen molar-refractivity contribution in [1.82, 2.24) is 15.1 Å². The summed E-state index contributed by atoms with van der Waals surface area (Å²) < 4.78 is 20.0. The second kappa shape index (κ2) is 8.55. The minimum Gasteiger partial charge on any atom is -0.496 e. The van der Waals surface area contributed by atoms with E-state index in [9.17, 15) is 19.3 Å². The van der Waals surface area contributed by atoms with E-state index in [0.717, 1.165) is 0 Å². The number of aromatic nitrogens is 2. The van der Waals surface area contributed by atoms with Gasteiger partial charge in [0.1, 0.15) is 29.7 Å². The van der Waals surface area contributed by atoms with Gasteiger partial charge >= 0.3 is 5.69 Å². The van der Waals surface area contributed by atoms with Gasteiger partial charge in [-0.15, -0.1) is 0 Å². The van der Waals surface area contributed by atoms with Crippen LogP contribution in [0.3, 0.4) is 0 Å². The van der Waals surface area contributed by atoms with Crippen LogP contribution in [0.5, 0.6) is 5.75 Å². The highest BCUT2D eigenvalue weighted by molar-refractivity contribution is 7.80. The zero-order chi connectivity index (χ0) is 22.8. The zero-order valence-electron chi connectivity index (χ0n) is 16.7. The van der Waals surface area contributed by atoms with E-state index in [4.69, 9.17) is 17.0 Å². The van der Waals surface area contributed by atoms with Crippen LogP contribution < -0.4 is 15.0 Å². The molecule has 1 N–H and O–H groups in total. The van der Waals surface area contributed by atoms with Crippen molar-refractivity contribution in [2.24, 2.45) is 0 Å².